The average Bonchev–Trinajstić information content (AvgIpc) is 2.36. The van der Waals surface area contributed by atoms with E-state index in [0.717, 1.165) is 25.4 Å². The second kappa shape index (κ2) is 8.48. The van der Waals surface area contributed by atoms with Crippen molar-refractivity contribution >= 4 is 5.91 Å². The van der Waals surface area contributed by atoms with E-state index in [1.165, 1.54) is 25.9 Å². The topological polar surface area (TPSA) is 44.4 Å². The zero-order valence-corrected chi connectivity index (χ0v) is 12.2. The molecule has 0 aromatic carbocycles. The molecule has 1 fully saturated rings. The summed E-state index contributed by atoms with van der Waals surface area (Å²) in [5, 5.41) is 6.10. The van der Waals surface area contributed by atoms with E-state index < -0.39 is 0 Å². The number of hydrogen-bond acceptors (Lipinski definition) is 3. The predicted octanol–water partition coefficient (Wildman–Crippen LogP) is 1.22. The van der Waals surface area contributed by atoms with Gasteiger partial charge in [0.25, 0.3) is 0 Å². The highest BCUT2D eigenvalue weighted by Crippen LogP contribution is 2.17. The fraction of sp³-hybridized carbons (Fsp3) is 0.929. The van der Waals surface area contributed by atoms with Crippen LogP contribution in [0.4, 0.5) is 0 Å². The molecule has 1 heterocycles. The highest BCUT2D eigenvalue weighted by Gasteiger charge is 2.20. The van der Waals surface area contributed by atoms with Crippen LogP contribution in [0.2, 0.25) is 0 Å². The molecule has 1 aliphatic rings. The lowest BCUT2D eigenvalue weighted by Crippen LogP contribution is -2.46. The van der Waals surface area contributed by atoms with Crippen LogP contribution in [0, 0.1) is 5.92 Å². The lowest BCUT2D eigenvalue weighted by atomic mass is 9.99. The Bertz CT molecular complexity index is 245. The first-order valence-corrected chi connectivity index (χ1v) is 7.28. The van der Waals surface area contributed by atoms with Crippen molar-refractivity contribution < 1.29 is 4.79 Å². The normalized spacial score (nSPS) is 22.7. The van der Waals surface area contributed by atoms with E-state index in [1.807, 2.05) is 7.05 Å². The van der Waals surface area contributed by atoms with E-state index in [2.05, 4.69) is 29.4 Å². The molecule has 2 atom stereocenters. The summed E-state index contributed by atoms with van der Waals surface area (Å²) >= 11 is 0. The minimum Gasteiger partial charge on any atom is -0.355 e. The Morgan fingerprint density at radius 2 is 2.28 bits per heavy atom. The average molecular weight is 255 g/mol. The van der Waals surface area contributed by atoms with Crippen LogP contribution < -0.4 is 10.6 Å². The van der Waals surface area contributed by atoms with Gasteiger partial charge in [-0.15, -0.1) is 0 Å². The number of nitrogens with zero attached hydrogens (tertiary/aromatic N) is 1. The third-order valence-corrected chi connectivity index (χ3v) is 3.74. The molecule has 0 aromatic rings. The lowest BCUT2D eigenvalue weighted by Gasteiger charge is -2.35. The summed E-state index contributed by atoms with van der Waals surface area (Å²) in [6, 6.07) is 0.459. The van der Waals surface area contributed by atoms with E-state index in [-0.39, 0.29) is 5.91 Å². The molecule has 1 amide bonds. The van der Waals surface area contributed by atoms with Crippen molar-refractivity contribution in [1.82, 2.24) is 15.5 Å². The number of piperidine rings is 1. The van der Waals surface area contributed by atoms with Crippen molar-refractivity contribution in [2.24, 2.45) is 5.92 Å². The van der Waals surface area contributed by atoms with Gasteiger partial charge in [-0.2, -0.15) is 0 Å². The van der Waals surface area contributed by atoms with Gasteiger partial charge in [-0.05, 0) is 52.2 Å². The maximum Gasteiger partial charge on any atom is 0.220 e. The largest absolute Gasteiger partial charge is 0.355 e. The van der Waals surface area contributed by atoms with Crippen LogP contribution in [-0.4, -0.2) is 50.1 Å². The fourth-order valence-electron chi connectivity index (χ4n) is 2.53. The quantitative estimate of drug-likeness (QED) is 0.672. The van der Waals surface area contributed by atoms with E-state index in [1.54, 1.807) is 0 Å². The SMILES string of the molecule is CNCCCC(=O)NCC(C)N1CCCC(C)C1. The number of nitrogens with one attached hydrogen (secondary N) is 2. The first-order valence-electron chi connectivity index (χ1n) is 7.28. The molecule has 4 heteroatoms. The summed E-state index contributed by atoms with van der Waals surface area (Å²) in [5.41, 5.74) is 0. The van der Waals surface area contributed by atoms with E-state index >= 15 is 0 Å². The molecule has 0 radical (unpaired) electrons. The standard InChI is InChI=1S/C14H29N3O/c1-12-6-5-9-17(11-12)13(2)10-16-14(18)7-4-8-15-3/h12-13,15H,4-11H2,1-3H3,(H,16,18). The molecule has 1 rings (SSSR count). The Morgan fingerprint density at radius 3 is 2.94 bits per heavy atom. The van der Waals surface area contributed by atoms with Gasteiger partial charge >= 0.3 is 0 Å². The van der Waals surface area contributed by atoms with Gasteiger partial charge in [-0.3, -0.25) is 9.69 Å². The summed E-state index contributed by atoms with van der Waals surface area (Å²) in [6.45, 7) is 8.58. The number of hydrogen-bond donors (Lipinski definition) is 2. The fourth-order valence-corrected chi connectivity index (χ4v) is 2.53. The van der Waals surface area contributed by atoms with Gasteiger partial charge in [-0.25, -0.2) is 0 Å². The molecule has 2 N–H and O–H groups in total. The molecule has 4 nitrogen and oxygen atoms in total. The maximum atomic E-state index is 11.6. The van der Waals surface area contributed by atoms with Gasteiger partial charge in [0.2, 0.25) is 5.91 Å². The lowest BCUT2D eigenvalue weighted by molar-refractivity contribution is -0.121. The molecule has 0 aliphatic carbocycles. The van der Waals surface area contributed by atoms with Crippen molar-refractivity contribution in [3.05, 3.63) is 0 Å². The third kappa shape index (κ3) is 5.83. The first kappa shape index (κ1) is 15.4. The number of carbonyl (C=O) groups is 1. The Kier molecular flexibility index (Phi) is 7.28. The van der Waals surface area contributed by atoms with Gasteiger partial charge in [0.15, 0.2) is 0 Å². The second-order valence-corrected chi connectivity index (χ2v) is 5.60. The highest BCUT2D eigenvalue weighted by atomic mass is 16.1. The van der Waals surface area contributed by atoms with Gasteiger partial charge in [0.05, 0.1) is 0 Å². The van der Waals surface area contributed by atoms with Crippen LogP contribution in [-0.2, 0) is 4.79 Å². The summed E-state index contributed by atoms with van der Waals surface area (Å²) in [6.07, 6.45) is 4.18. The van der Waals surface area contributed by atoms with E-state index in [4.69, 9.17) is 0 Å². The zero-order chi connectivity index (χ0) is 13.4. The maximum absolute atomic E-state index is 11.6. The Hall–Kier alpha value is -0.610. The second-order valence-electron chi connectivity index (χ2n) is 5.60. The summed E-state index contributed by atoms with van der Waals surface area (Å²) < 4.78 is 0. The third-order valence-electron chi connectivity index (χ3n) is 3.74. The number of carbonyl (C=O) groups excluding carboxylic acids is 1. The van der Waals surface area contributed by atoms with Gasteiger partial charge < -0.3 is 10.6 Å². The van der Waals surface area contributed by atoms with E-state index in [0.29, 0.717) is 12.5 Å². The molecular weight excluding hydrogens is 226 g/mol. The number of amides is 1. The highest BCUT2D eigenvalue weighted by molar-refractivity contribution is 5.75. The zero-order valence-electron chi connectivity index (χ0n) is 12.2. The van der Waals surface area contributed by atoms with Crippen LogP contribution in [0.3, 0.4) is 0 Å². The van der Waals surface area contributed by atoms with Crippen LogP contribution in [0.5, 0.6) is 0 Å². The Labute approximate surface area is 111 Å². The van der Waals surface area contributed by atoms with Gasteiger partial charge in [0.1, 0.15) is 0 Å². The van der Waals surface area contributed by atoms with Gasteiger partial charge in [-0.1, -0.05) is 6.92 Å². The van der Waals surface area contributed by atoms with Crippen LogP contribution in [0.1, 0.15) is 39.5 Å². The summed E-state index contributed by atoms with van der Waals surface area (Å²) in [7, 11) is 1.91. The minimum atomic E-state index is 0.183. The molecule has 18 heavy (non-hydrogen) atoms. The Balaban J connectivity index is 2.15. The van der Waals surface area contributed by atoms with Crippen LogP contribution >= 0.6 is 0 Å². The Morgan fingerprint density at radius 1 is 1.50 bits per heavy atom. The van der Waals surface area contributed by atoms with Crippen molar-refractivity contribution in [3.63, 3.8) is 0 Å². The van der Waals surface area contributed by atoms with Crippen LogP contribution in [0.15, 0.2) is 0 Å². The van der Waals surface area contributed by atoms with Crippen molar-refractivity contribution in [1.29, 1.82) is 0 Å². The molecular formula is C14H29N3O. The molecule has 106 valence electrons. The van der Waals surface area contributed by atoms with Crippen molar-refractivity contribution in [3.8, 4) is 0 Å². The molecule has 0 bridgehead atoms. The monoisotopic (exact) mass is 255 g/mol. The molecule has 2 unspecified atom stereocenters. The molecule has 0 spiro atoms. The predicted molar refractivity (Wildman–Crippen MR) is 75.6 cm³/mol. The minimum absolute atomic E-state index is 0.183. The molecule has 1 saturated heterocycles. The first-order chi connectivity index (χ1) is 8.63. The molecule has 0 aromatic heterocycles. The number of rotatable bonds is 7. The van der Waals surface area contributed by atoms with E-state index in [9.17, 15) is 4.79 Å². The van der Waals surface area contributed by atoms with Gasteiger partial charge in [0, 0.05) is 25.6 Å². The molecule has 0 saturated carbocycles. The summed E-state index contributed by atoms with van der Waals surface area (Å²) in [4.78, 5) is 14.1. The van der Waals surface area contributed by atoms with Crippen molar-refractivity contribution in [2.45, 2.75) is 45.6 Å². The van der Waals surface area contributed by atoms with Crippen molar-refractivity contribution in [2.75, 3.05) is 33.2 Å². The summed E-state index contributed by atoms with van der Waals surface area (Å²) in [5.74, 6) is 0.981. The number of likely N-dealkylation sites (tertiary alicyclic amines) is 1. The molecule has 1 aliphatic heterocycles. The van der Waals surface area contributed by atoms with Crippen LogP contribution in [0.25, 0.3) is 0 Å². The smallest absolute Gasteiger partial charge is 0.220 e.